The summed E-state index contributed by atoms with van der Waals surface area (Å²) in [5.74, 6) is 1.42. The summed E-state index contributed by atoms with van der Waals surface area (Å²) in [6.45, 7) is 1.12. The van der Waals surface area contributed by atoms with Gasteiger partial charge in [0.15, 0.2) is 15.5 Å². The largest absolute Gasteiger partial charge is 0.606 e. The highest BCUT2D eigenvalue weighted by Crippen LogP contribution is 2.37. The SMILES string of the molecule is O=S1NCC(COc2ccc([S+]([O-])c3cc(Cl)c(OCCCCl)c(Cl)c3)cc2)O1. The molecule has 0 amide bonds. The topological polar surface area (TPSA) is 79.9 Å². The summed E-state index contributed by atoms with van der Waals surface area (Å²) < 4.78 is 42.9. The van der Waals surface area contributed by atoms with Crippen molar-refractivity contribution < 1.29 is 22.4 Å². The van der Waals surface area contributed by atoms with Gasteiger partial charge in [-0.3, -0.25) is 4.18 Å². The predicted molar refractivity (Wildman–Crippen MR) is 115 cm³/mol. The molecule has 0 aromatic heterocycles. The van der Waals surface area contributed by atoms with E-state index in [4.69, 9.17) is 48.5 Å². The number of ether oxygens (including phenoxy) is 2. The van der Waals surface area contributed by atoms with Gasteiger partial charge in [0.25, 0.3) is 0 Å². The molecule has 0 saturated carbocycles. The van der Waals surface area contributed by atoms with Gasteiger partial charge >= 0.3 is 0 Å². The molecule has 1 fully saturated rings. The van der Waals surface area contributed by atoms with Gasteiger partial charge in [-0.05, 0) is 30.7 Å². The van der Waals surface area contributed by atoms with Crippen molar-refractivity contribution in [3.8, 4) is 11.5 Å². The summed E-state index contributed by atoms with van der Waals surface area (Å²) in [4.78, 5) is 1.03. The van der Waals surface area contributed by atoms with Crippen molar-refractivity contribution in [3.05, 3.63) is 46.4 Å². The van der Waals surface area contributed by atoms with Gasteiger partial charge in [-0.25, -0.2) is 8.93 Å². The van der Waals surface area contributed by atoms with E-state index in [1.165, 1.54) is 0 Å². The number of halogens is 3. The van der Waals surface area contributed by atoms with Crippen LogP contribution >= 0.6 is 34.8 Å². The minimum atomic E-state index is -1.48. The van der Waals surface area contributed by atoms with Crippen molar-refractivity contribution >= 4 is 57.2 Å². The van der Waals surface area contributed by atoms with Gasteiger partial charge in [0.05, 0.1) is 16.7 Å². The van der Waals surface area contributed by atoms with Crippen molar-refractivity contribution in [3.63, 3.8) is 0 Å². The highest BCUT2D eigenvalue weighted by molar-refractivity contribution is 7.91. The third kappa shape index (κ3) is 6.38. The Hall–Kier alpha value is -0.710. The molecule has 1 heterocycles. The highest BCUT2D eigenvalue weighted by Gasteiger charge is 2.23. The van der Waals surface area contributed by atoms with Gasteiger partial charge in [0, 0.05) is 35.7 Å². The van der Waals surface area contributed by atoms with Crippen LogP contribution in [-0.2, 0) is 26.6 Å². The maximum absolute atomic E-state index is 12.9. The quantitative estimate of drug-likeness (QED) is 0.320. The van der Waals surface area contributed by atoms with Crippen LogP contribution in [0, 0.1) is 0 Å². The molecule has 3 atom stereocenters. The fraction of sp³-hybridized carbons (Fsp3) is 0.333. The van der Waals surface area contributed by atoms with Crippen LogP contribution < -0.4 is 14.2 Å². The average molecular weight is 499 g/mol. The molecule has 2 aromatic rings. The minimum absolute atomic E-state index is 0.261. The van der Waals surface area contributed by atoms with Crippen LogP contribution in [0.1, 0.15) is 6.42 Å². The Labute approximate surface area is 189 Å². The molecule has 6 nitrogen and oxygen atoms in total. The lowest BCUT2D eigenvalue weighted by Crippen LogP contribution is -2.21. The van der Waals surface area contributed by atoms with E-state index in [9.17, 15) is 8.76 Å². The first kappa shape index (κ1) is 23.0. The number of rotatable bonds is 9. The molecule has 2 aromatic carbocycles. The van der Waals surface area contributed by atoms with Gasteiger partial charge in [-0.1, -0.05) is 23.2 Å². The molecule has 29 heavy (non-hydrogen) atoms. The van der Waals surface area contributed by atoms with Crippen molar-refractivity contribution in [1.29, 1.82) is 0 Å². The molecule has 158 valence electrons. The molecule has 0 bridgehead atoms. The lowest BCUT2D eigenvalue weighted by molar-refractivity contribution is 0.165. The second kappa shape index (κ2) is 11.1. The van der Waals surface area contributed by atoms with E-state index in [2.05, 4.69) is 4.72 Å². The second-order valence-electron chi connectivity index (χ2n) is 5.96. The van der Waals surface area contributed by atoms with Gasteiger partial charge in [0.2, 0.25) is 11.3 Å². The fourth-order valence-electron chi connectivity index (χ4n) is 2.43. The third-order valence-corrected chi connectivity index (χ3v) is 6.88. The first-order chi connectivity index (χ1) is 14.0. The zero-order chi connectivity index (χ0) is 20.8. The van der Waals surface area contributed by atoms with Crippen LogP contribution in [-0.4, -0.2) is 40.5 Å². The Bertz CT molecular complexity index is 833. The summed E-state index contributed by atoms with van der Waals surface area (Å²) in [5.41, 5.74) is 0. The summed E-state index contributed by atoms with van der Waals surface area (Å²) in [5, 5.41) is 0.580. The Kier molecular flexibility index (Phi) is 8.76. The molecule has 3 rings (SSSR count). The zero-order valence-electron chi connectivity index (χ0n) is 15.1. The summed E-state index contributed by atoms with van der Waals surface area (Å²) >= 11 is 15.2. The van der Waals surface area contributed by atoms with Crippen molar-refractivity contribution in [2.24, 2.45) is 0 Å². The van der Waals surface area contributed by atoms with Crippen LogP contribution in [0.5, 0.6) is 11.5 Å². The van der Waals surface area contributed by atoms with Crippen molar-refractivity contribution in [2.45, 2.75) is 22.3 Å². The molecule has 0 radical (unpaired) electrons. The summed E-state index contributed by atoms with van der Waals surface area (Å²) in [6, 6.07) is 9.97. The Morgan fingerprint density at radius 1 is 1.17 bits per heavy atom. The lowest BCUT2D eigenvalue weighted by atomic mass is 10.3. The molecule has 1 aliphatic rings. The third-order valence-electron chi connectivity index (χ3n) is 3.84. The second-order valence-corrected chi connectivity index (χ2v) is 9.58. The minimum Gasteiger partial charge on any atom is -0.606 e. The Balaban J connectivity index is 1.63. The van der Waals surface area contributed by atoms with Crippen LogP contribution in [0.3, 0.4) is 0 Å². The summed E-state index contributed by atoms with van der Waals surface area (Å²) in [7, 11) is 0. The molecule has 0 aliphatic carbocycles. The molecule has 1 saturated heterocycles. The van der Waals surface area contributed by atoms with E-state index in [0.29, 0.717) is 46.7 Å². The maximum Gasteiger partial charge on any atom is 0.234 e. The molecule has 3 unspecified atom stereocenters. The van der Waals surface area contributed by atoms with Gasteiger partial charge in [-0.15, -0.1) is 11.6 Å². The van der Waals surface area contributed by atoms with Crippen LogP contribution in [0.25, 0.3) is 0 Å². The standard InChI is InChI=1S/C18H18Cl3NO5S2/c19-6-1-7-25-18-16(20)8-15(9-17(18)21)28(23)14-4-2-12(3-5-14)26-11-13-10-22-29(24)27-13/h2-5,8-9,13,22H,1,6-7,10-11H2. The first-order valence-corrected chi connectivity index (χ1v) is 12.1. The Morgan fingerprint density at radius 2 is 1.86 bits per heavy atom. The molecular formula is C18H18Cl3NO5S2. The van der Waals surface area contributed by atoms with E-state index in [1.807, 2.05) is 0 Å². The van der Waals surface area contributed by atoms with Gasteiger partial charge < -0.3 is 14.0 Å². The van der Waals surface area contributed by atoms with Crippen LogP contribution in [0.15, 0.2) is 46.2 Å². The number of alkyl halides is 1. The average Bonchev–Trinajstić information content (AvgIpc) is 3.13. The van der Waals surface area contributed by atoms with E-state index in [0.717, 1.165) is 0 Å². The number of hydrogen-bond donors (Lipinski definition) is 1. The van der Waals surface area contributed by atoms with Crippen LogP contribution in [0.2, 0.25) is 10.0 Å². The smallest absolute Gasteiger partial charge is 0.234 e. The molecule has 11 heteroatoms. The number of hydrogen-bond acceptors (Lipinski definition) is 5. The lowest BCUT2D eigenvalue weighted by Gasteiger charge is -2.14. The number of benzene rings is 2. The van der Waals surface area contributed by atoms with Crippen molar-refractivity contribution in [1.82, 2.24) is 4.72 Å². The molecule has 1 N–H and O–H groups in total. The van der Waals surface area contributed by atoms with E-state index >= 15 is 0 Å². The zero-order valence-corrected chi connectivity index (χ0v) is 19.0. The monoisotopic (exact) mass is 497 g/mol. The molecule has 1 aliphatic heterocycles. The van der Waals surface area contributed by atoms with E-state index in [1.54, 1.807) is 36.4 Å². The Morgan fingerprint density at radius 3 is 2.45 bits per heavy atom. The van der Waals surface area contributed by atoms with E-state index < -0.39 is 22.4 Å². The van der Waals surface area contributed by atoms with Crippen LogP contribution in [0.4, 0.5) is 0 Å². The molecule has 0 spiro atoms. The summed E-state index contributed by atoms with van der Waals surface area (Å²) in [6.07, 6.45) is 0.386. The highest BCUT2D eigenvalue weighted by atomic mass is 35.5. The van der Waals surface area contributed by atoms with Crippen molar-refractivity contribution in [2.75, 3.05) is 25.6 Å². The van der Waals surface area contributed by atoms with E-state index in [-0.39, 0.29) is 22.8 Å². The van der Waals surface area contributed by atoms with Gasteiger partial charge in [0.1, 0.15) is 18.5 Å². The number of nitrogens with one attached hydrogen (secondary N) is 1. The predicted octanol–water partition coefficient (Wildman–Crippen LogP) is 4.11. The first-order valence-electron chi connectivity index (χ1n) is 8.63. The normalized spacial score (nSPS) is 19.9. The fourth-order valence-corrected chi connectivity index (χ4v) is 5.14. The van der Waals surface area contributed by atoms with Gasteiger partial charge in [-0.2, -0.15) is 0 Å². The molecular weight excluding hydrogens is 481 g/mol. The maximum atomic E-state index is 12.9.